The molecule has 2 aliphatic rings. The van der Waals surface area contributed by atoms with Crippen LogP contribution in [0.25, 0.3) is 0 Å². The summed E-state index contributed by atoms with van der Waals surface area (Å²) >= 11 is 0. The lowest BCUT2D eigenvalue weighted by Crippen LogP contribution is -2.13. The molecule has 3 rings (SSSR count). The second kappa shape index (κ2) is 3.84. The van der Waals surface area contributed by atoms with Crippen LogP contribution in [0.4, 0.5) is 0 Å². The number of rotatable bonds is 1. The van der Waals surface area contributed by atoms with Gasteiger partial charge < -0.3 is 0 Å². The summed E-state index contributed by atoms with van der Waals surface area (Å²) in [7, 11) is 0. The zero-order chi connectivity index (χ0) is 11.9. The Bertz CT molecular complexity index is 433. The van der Waals surface area contributed by atoms with Crippen molar-refractivity contribution in [3.8, 4) is 0 Å². The predicted molar refractivity (Wildman–Crippen MR) is 63.8 cm³/mol. The Morgan fingerprint density at radius 1 is 1.07 bits per heavy atom. The van der Waals surface area contributed by atoms with E-state index in [2.05, 4.69) is 12.1 Å². The topological polar surface area (TPSA) is 0 Å². The first-order valence-corrected chi connectivity index (χ1v) is 5.95. The van der Waals surface area contributed by atoms with Crippen LogP contribution in [0.3, 0.4) is 0 Å². The Morgan fingerprint density at radius 2 is 1.93 bits per heavy atom. The fourth-order valence-electron chi connectivity index (χ4n) is 2.93. The molecule has 0 nitrogen and oxygen atoms in total. The molecule has 1 aromatic rings. The molecular weight excluding hydrogens is 180 g/mol. The van der Waals surface area contributed by atoms with Crippen molar-refractivity contribution in [2.75, 3.05) is 0 Å². The first kappa shape index (κ1) is 7.27. The molecular formula is C15H18. The summed E-state index contributed by atoms with van der Waals surface area (Å²) < 4.78 is 16.5. The van der Waals surface area contributed by atoms with Gasteiger partial charge in [0.05, 0.1) is 0 Å². The SMILES string of the molecule is [2H]C1([2H])C=C2CCCC[C@@H]2[C@H]1c1ccccc1. The van der Waals surface area contributed by atoms with Crippen molar-refractivity contribution in [1.82, 2.24) is 0 Å². The molecule has 0 N–H and O–H groups in total. The van der Waals surface area contributed by atoms with Gasteiger partial charge in [0.15, 0.2) is 0 Å². The molecule has 0 spiro atoms. The van der Waals surface area contributed by atoms with Gasteiger partial charge in [0.2, 0.25) is 0 Å². The largest absolute Gasteiger partial charge is 0.0844 e. The van der Waals surface area contributed by atoms with Crippen molar-refractivity contribution < 1.29 is 2.74 Å². The van der Waals surface area contributed by atoms with Gasteiger partial charge in [-0.1, -0.05) is 48.4 Å². The average Bonchev–Trinajstić information content (AvgIpc) is 2.60. The Kier molecular flexibility index (Phi) is 1.86. The highest BCUT2D eigenvalue weighted by Crippen LogP contribution is 2.46. The summed E-state index contributed by atoms with van der Waals surface area (Å²) in [5.74, 6) is 0.486. The number of allylic oxidation sites excluding steroid dienone is 2. The first-order valence-electron chi connectivity index (χ1n) is 6.95. The number of hydrogen-bond acceptors (Lipinski definition) is 0. The maximum Gasteiger partial charge on any atom is 0.0316 e. The Hall–Kier alpha value is -1.04. The van der Waals surface area contributed by atoms with Gasteiger partial charge in [-0.15, -0.1) is 0 Å². The zero-order valence-corrected chi connectivity index (χ0v) is 8.95. The van der Waals surface area contributed by atoms with Gasteiger partial charge in [-0.2, -0.15) is 0 Å². The highest BCUT2D eigenvalue weighted by molar-refractivity contribution is 5.30. The van der Waals surface area contributed by atoms with Gasteiger partial charge in [0, 0.05) is 2.74 Å². The minimum absolute atomic E-state index is 0.0407. The van der Waals surface area contributed by atoms with E-state index in [9.17, 15) is 0 Å². The summed E-state index contributed by atoms with van der Waals surface area (Å²) in [4.78, 5) is 0. The molecule has 1 aromatic carbocycles. The summed E-state index contributed by atoms with van der Waals surface area (Å²) in [5.41, 5.74) is 2.53. The van der Waals surface area contributed by atoms with E-state index in [1.54, 1.807) is 0 Å². The van der Waals surface area contributed by atoms with E-state index in [1.165, 1.54) is 18.4 Å². The number of benzene rings is 1. The lowest BCUT2D eigenvalue weighted by Gasteiger charge is -2.27. The molecule has 0 heterocycles. The van der Waals surface area contributed by atoms with Crippen LogP contribution in [-0.4, -0.2) is 0 Å². The normalized spacial score (nSPS) is 35.1. The third-order valence-corrected chi connectivity index (χ3v) is 3.72. The smallest absolute Gasteiger partial charge is 0.0316 e. The van der Waals surface area contributed by atoms with Crippen LogP contribution in [0, 0.1) is 5.92 Å². The lowest BCUT2D eigenvalue weighted by atomic mass is 9.78. The average molecular weight is 200 g/mol. The summed E-state index contributed by atoms with van der Waals surface area (Å²) in [6.45, 7) is 0. The third kappa shape index (κ3) is 1.62. The van der Waals surface area contributed by atoms with Gasteiger partial charge in [-0.05, 0) is 43.0 Å². The van der Waals surface area contributed by atoms with E-state index in [1.807, 2.05) is 24.3 Å². The van der Waals surface area contributed by atoms with Crippen LogP contribution in [0.5, 0.6) is 0 Å². The van der Waals surface area contributed by atoms with E-state index in [-0.39, 0.29) is 5.92 Å². The Balaban J connectivity index is 1.99. The lowest BCUT2D eigenvalue weighted by molar-refractivity contribution is 0.413. The summed E-state index contributed by atoms with van der Waals surface area (Å²) in [6.07, 6.45) is 5.50. The van der Waals surface area contributed by atoms with Crippen molar-refractivity contribution in [3.63, 3.8) is 0 Å². The second-order valence-electron chi connectivity index (χ2n) is 4.63. The molecule has 15 heavy (non-hydrogen) atoms. The van der Waals surface area contributed by atoms with E-state index < -0.39 is 6.37 Å². The summed E-state index contributed by atoms with van der Waals surface area (Å²) in [6, 6.07) is 10.2. The molecule has 0 unspecified atom stereocenters. The Morgan fingerprint density at radius 3 is 2.80 bits per heavy atom. The van der Waals surface area contributed by atoms with E-state index in [0.717, 1.165) is 18.4 Å². The maximum absolute atomic E-state index is 8.27. The first-order chi connectivity index (χ1) is 8.18. The third-order valence-electron chi connectivity index (χ3n) is 3.72. The fourth-order valence-corrected chi connectivity index (χ4v) is 2.93. The van der Waals surface area contributed by atoms with Crippen molar-refractivity contribution in [3.05, 3.63) is 47.5 Å². The fraction of sp³-hybridized carbons (Fsp3) is 0.467. The van der Waals surface area contributed by atoms with Crippen LogP contribution < -0.4 is 0 Å². The minimum atomic E-state index is -1.16. The van der Waals surface area contributed by atoms with Crippen LogP contribution in [-0.2, 0) is 0 Å². The molecule has 2 atom stereocenters. The van der Waals surface area contributed by atoms with Crippen LogP contribution in [0.2, 0.25) is 0 Å². The molecule has 1 fully saturated rings. The molecule has 0 aliphatic heterocycles. The number of fused-ring (bicyclic) bond motifs is 1. The highest BCUT2D eigenvalue weighted by Gasteiger charge is 2.31. The molecule has 0 radical (unpaired) electrons. The quantitative estimate of drug-likeness (QED) is 0.593. The standard InChI is InChI=1S/C15H18/c1-2-6-12(7-3-1)15-11-10-13-8-4-5-9-14(13)15/h1-3,6-7,10,14-15H,4-5,8-9,11H2/t14-,15+/m0/s1/i11D2. The molecule has 2 aliphatic carbocycles. The molecule has 78 valence electrons. The van der Waals surface area contributed by atoms with Crippen molar-refractivity contribution >= 4 is 0 Å². The highest BCUT2D eigenvalue weighted by atomic mass is 14.4. The van der Waals surface area contributed by atoms with E-state index in [0.29, 0.717) is 5.92 Å². The number of hydrogen-bond donors (Lipinski definition) is 0. The van der Waals surface area contributed by atoms with Crippen molar-refractivity contribution in [1.29, 1.82) is 0 Å². The molecule has 0 aromatic heterocycles. The van der Waals surface area contributed by atoms with Gasteiger partial charge in [0.25, 0.3) is 0 Å². The molecule has 0 saturated heterocycles. The molecule has 0 bridgehead atoms. The monoisotopic (exact) mass is 200 g/mol. The van der Waals surface area contributed by atoms with Gasteiger partial charge in [-0.25, -0.2) is 0 Å². The predicted octanol–water partition coefficient (Wildman–Crippen LogP) is 4.29. The minimum Gasteiger partial charge on any atom is -0.0844 e. The molecule has 1 saturated carbocycles. The zero-order valence-electron chi connectivity index (χ0n) is 10.9. The second-order valence-corrected chi connectivity index (χ2v) is 4.63. The van der Waals surface area contributed by atoms with Gasteiger partial charge in [0.1, 0.15) is 0 Å². The molecule has 0 amide bonds. The molecule has 0 heteroatoms. The van der Waals surface area contributed by atoms with Gasteiger partial charge in [-0.3, -0.25) is 0 Å². The van der Waals surface area contributed by atoms with E-state index in [4.69, 9.17) is 2.74 Å². The Labute approximate surface area is 94.8 Å². The van der Waals surface area contributed by atoms with Crippen molar-refractivity contribution in [2.24, 2.45) is 5.92 Å². The van der Waals surface area contributed by atoms with Crippen LogP contribution in [0.1, 0.15) is 46.3 Å². The van der Waals surface area contributed by atoms with Crippen LogP contribution >= 0.6 is 0 Å². The van der Waals surface area contributed by atoms with Crippen molar-refractivity contribution in [2.45, 2.75) is 38.0 Å². The maximum atomic E-state index is 8.27. The summed E-state index contributed by atoms with van der Waals surface area (Å²) in [5, 5.41) is 0. The van der Waals surface area contributed by atoms with Gasteiger partial charge >= 0.3 is 0 Å². The van der Waals surface area contributed by atoms with E-state index >= 15 is 0 Å². The van der Waals surface area contributed by atoms with Crippen LogP contribution in [0.15, 0.2) is 42.0 Å².